The molecule has 1 atom stereocenters. The second kappa shape index (κ2) is 8.19. The summed E-state index contributed by atoms with van der Waals surface area (Å²) in [5.41, 5.74) is -0.250. The first-order valence-corrected chi connectivity index (χ1v) is 11.5. The molecule has 0 radical (unpaired) electrons. The normalized spacial score (nSPS) is 18.5. The molecular weight excluding hydrogens is 465 g/mol. The molecule has 0 aliphatic carbocycles. The quantitative estimate of drug-likeness (QED) is 0.283. The second-order valence-corrected chi connectivity index (χ2v) is 9.65. The molecule has 0 spiro atoms. The summed E-state index contributed by atoms with van der Waals surface area (Å²) in [6.45, 7) is 1.71. The number of alkyl halides is 6. The van der Waals surface area contributed by atoms with Gasteiger partial charge in [-0.25, -0.2) is 0 Å². The molecular formula is C24H17F6O2P. The maximum atomic E-state index is 14.2. The van der Waals surface area contributed by atoms with E-state index in [2.05, 4.69) is 0 Å². The van der Waals surface area contributed by atoms with Crippen LogP contribution in [0, 0.1) is 0 Å². The van der Waals surface area contributed by atoms with Crippen LogP contribution in [-0.2, 0) is 21.4 Å². The van der Waals surface area contributed by atoms with Crippen molar-refractivity contribution in [1.82, 2.24) is 0 Å². The van der Waals surface area contributed by atoms with Crippen LogP contribution in [0.1, 0.15) is 34.7 Å². The van der Waals surface area contributed by atoms with Crippen LogP contribution in [0.3, 0.4) is 0 Å². The zero-order chi connectivity index (χ0) is 24.0. The van der Waals surface area contributed by atoms with Gasteiger partial charge in [0.1, 0.15) is 0 Å². The summed E-state index contributed by atoms with van der Waals surface area (Å²) in [4.78, 5) is 0. The maximum Gasteiger partial charge on any atom is 0.416 e. The lowest BCUT2D eigenvalue weighted by molar-refractivity contribution is -0.138. The molecule has 1 heterocycles. The van der Waals surface area contributed by atoms with E-state index in [0.717, 1.165) is 24.3 Å². The molecule has 0 N–H and O–H groups in total. The molecule has 0 bridgehead atoms. The molecule has 0 saturated carbocycles. The Labute approximate surface area is 186 Å². The molecule has 0 saturated heterocycles. The Morgan fingerprint density at radius 2 is 1.21 bits per heavy atom. The number of benzene rings is 3. The van der Waals surface area contributed by atoms with Gasteiger partial charge in [0.05, 0.1) is 23.0 Å². The third-order valence-corrected chi connectivity index (χ3v) is 8.04. The zero-order valence-electron chi connectivity index (χ0n) is 17.2. The molecule has 9 heteroatoms. The van der Waals surface area contributed by atoms with E-state index in [0.29, 0.717) is 22.0 Å². The van der Waals surface area contributed by atoms with E-state index in [4.69, 9.17) is 4.52 Å². The molecule has 172 valence electrons. The molecule has 4 rings (SSSR count). The molecule has 1 aliphatic rings. The van der Waals surface area contributed by atoms with Crippen LogP contribution in [0.25, 0.3) is 10.9 Å². The monoisotopic (exact) mass is 482 g/mol. The van der Waals surface area contributed by atoms with Crippen LogP contribution >= 0.6 is 7.37 Å². The molecule has 1 unspecified atom stereocenters. The highest BCUT2D eigenvalue weighted by Crippen LogP contribution is 2.66. The maximum absolute atomic E-state index is 14.2. The lowest BCUT2D eigenvalue weighted by Gasteiger charge is -2.19. The predicted octanol–water partition coefficient (Wildman–Crippen LogP) is 7.59. The Morgan fingerprint density at radius 3 is 1.70 bits per heavy atom. The van der Waals surface area contributed by atoms with E-state index in [9.17, 15) is 30.9 Å². The fourth-order valence-corrected chi connectivity index (χ4v) is 6.59. The van der Waals surface area contributed by atoms with Gasteiger partial charge in [-0.3, -0.25) is 4.57 Å². The van der Waals surface area contributed by atoms with Crippen LogP contribution in [0.5, 0.6) is 0 Å². The highest BCUT2D eigenvalue weighted by atomic mass is 31.2. The van der Waals surface area contributed by atoms with Crippen molar-refractivity contribution >= 4 is 23.6 Å². The summed E-state index contributed by atoms with van der Waals surface area (Å²) in [6.07, 6.45) is -9.08. The topological polar surface area (TPSA) is 26.3 Å². The molecule has 3 aromatic rings. The summed E-state index contributed by atoms with van der Waals surface area (Å²) in [7, 11) is -3.74. The van der Waals surface area contributed by atoms with Gasteiger partial charge in [0.2, 0.25) is 0 Å². The SMILES string of the molecule is CCOP1(=O)C(c2ccc(C(F)(F)F)cc2)=C(c2ccc(C(F)(F)F)cc2)c2ccccc21. The van der Waals surface area contributed by atoms with E-state index in [-0.39, 0.29) is 17.5 Å². The van der Waals surface area contributed by atoms with E-state index in [1.807, 2.05) is 0 Å². The van der Waals surface area contributed by atoms with Crippen LogP contribution in [0.15, 0.2) is 72.8 Å². The first-order chi connectivity index (χ1) is 15.5. The Balaban J connectivity index is 1.99. The van der Waals surface area contributed by atoms with Gasteiger partial charge in [-0.2, -0.15) is 26.3 Å². The Bertz CT molecular complexity index is 1260. The van der Waals surface area contributed by atoms with Crippen molar-refractivity contribution < 1.29 is 35.4 Å². The van der Waals surface area contributed by atoms with Gasteiger partial charge >= 0.3 is 12.4 Å². The molecule has 3 aromatic carbocycles. The smallest absolute Gasteiger partial charge is 0.322 e. The largest absolute Gasteiger partial charge is 0.416 e. The Morgan fingerprint density at radius 1 is 0.727 bits per heavy atom. The number of fused-ring (bicyclic) bond motifs is 1. The lowest BCUT2D eigenvalue weighted by atomic mass is 9.94. The van der Waals surface area contributed by atoms with Crippen molar-refractivity contribution in [2.45, 2.75) is 19.3 Å². The molecule has 1 aliphatic heterocycles. The minimum Gasteiger partial charge on any atom is -0.322 e. The summed E-state index contributed by atoms with van der Waals surface area (Å²) >= 11 is 0. The Kier molecular flexibility index (Phi) is 5.79. The third-order valence-electron chi connectivity index (χ3n) is 5.32. The lowest BCUT2D eigenvalue weighted by Crippen LogP contribution is -2.08. The summed E-state index contributed by atoms with van der Waals surface area (Å²) in [5, 5.41) is 0.524. The number of halogens is 6. The average Bonchev–Trinajstić information content (AvgIpc) is 3.02. The van der Waals surface area contributed by atoms with Crippen molar-refractivity contribution in [3.05, 3.63) is 101 Å². The van der Waals surface area contributed by atoms with Gasteiger partial charge in [-0.1, -0.05) is 42.5 Å². The van der Waals surface area contributed by atoms with Crippen molar-refractivity contribution in [3.8, 4) is 0 Å². The van der Waals surface area contributed by atoms with Crippen molar-refractivity contribution in [2.75, 3.05) is 6.61 Å². The minimum atomic E-state index is -4.55. The van der Waals surface area contributed by atoms with Gasteiger partial charge in [0.15, 0.2) is 0 Å². The number of rotatable bonds is 4. The summed E-state index contributed by atoms with van der Waals surface area (Å²) in [5.74, 6) is 0. The highest BCUT2D eigenvalue weighted by molar-refractivity contribution is 7.78. The molecule has 0 fully saturated rings. The minimum absolute atomic E-state index is 0.0655. The fraction of sp³-hybridized carbons (Fsp3) is 0.167. The number of hydrogen-bond donors (Lipinski definition) is 0. The van der Waals surface area contributed by atoms with E-state index in [1.54, 1.807) is 31.2 Å². The molecule has 2 nitrogen and oxygen atoms in total. The van der Waals surface area contributed by atoms with Crippen LogP contribution < -0.4 is 5.30 Å². The van der Waals surface area contributed by atoms with Gasteiger partial charge < -0.3 is 4.52 Å². The van der Waals surface area contributed by atoms with Crippen molar-refractivity contribution in [2.24, 2.45) is 0 Å². The van der Waals surface area contributed by atoms with Crippen molar-refractivity contribution in [3.63, 3.8) is 0 Å². The standard InChI is InChI=1S/C24H17F6O2P/c1-2-32-33(31)20-6-4-3-5-19(20)21(15-7-11-17(12-8-15)23(25,26)27)22(33)16-9-13-18(14-10-16)24(28,29)30/h3-14H,2H2,1H3. The molecule has 33 heavy (non-hydrogen) atoms. The van der Waals surface area contributed by atoms with Gasteiger partial charge in [-0.05, 0) is 53.9 Å². The first kappa shape index (κ1) is 23.3. The zero-order valence-corrected chi connectivity index (χ0v) is 18.1. The molecule has 0 amide bonds. The van der Waals surface area contributed by atoms with Crippen LogP contribution in [0.2, 0.25) is 0 Å². The van der Waals surface area contributed by atoms with E-state index < -0.39 is 30.8 Å². The first-order valence-electron chi connectivity index (χ1n) is 9.91. The predicted molar refractivity (Wildman–Crippen MR) is 114 cm³/mol. The Hall–Kier alpha value is -2.83. The van der Waals surface area contributed by atoms with Gasteiger partial charge in [0, 0.05) is 10.9 Å². The summed E-state index contributed by atoms with van der Waals surface area (Å²) < 4.78 is 98.3. The van der Waals surface area contributed by atoms with Gasteiger partial charge in [0.25, 0.3) is 7.37 Å². The third kappa shape index (κ3) is 4.13. The fourth-order valence-electron chi connectivity index (χ4n) is 3.90. The van der Waals surface area contributed by atoms with Crippen LogP contribution in [-0.4, -0.2) is 6.61 Å². The van der Waals surface area contributed by atoms with E-state index >= 15 is 0 Å². The number of hydrogen-bond acceptors (Lipinski definition) is 2. The van der Waals surface area contributed by atoms with E-state index in [1.165, 1.54) is 24.3 Å². The van der Waals surface area contributed by atoms with Gasteiger partial charge in [-0.15, -0.1) is 0 Å². The van der Waals surface area contributed by atoms with Crippen LogP contribution in [0.4, 0.5) is 26.3 Å². The summed E-state index contributed by atoms with van der Waals surface area (Å²) in [6, 6.07) is 15.2. The highest BCUT2D eigenvalue weighted by Gasteiger charge is 2.43. The molecule has 0 aromatic heterocycles. The van der Waals surface area contributed by atoms with Crippen molar-refractivity contribution in [1.29, 1.82) is 0 Å². The average molecular weight is 482 g/mol. The second-order valence-electron chi connectivity index (χ2n) is 7.36.